The standard InChI is InChI=1S/C38H57N7O6/c1-27(2)24-31(33(46)30(16-10-11-19-39)35(48)44-21-17-38(41,18-22-44)36(49)51-3)42-34(47)32(25-28-12-6-4-7-13-28)43-37(50)45(23-20-40)26-29-14-8-5-9-15-29/h4-9,12-15,27,30-32H,10-11,16-26,39-41H2,1-3H3,(H,42,47)(H,43,50)/t30-,31-,32-/m1/s1. The van der Waals surface area contributed by atoms with Gasteiger partial charge < -0.3 is 42.4 Å². The molecule has 0 aliphatic carbocycles. The second-order valence-corrected chi connectivity index (χ2v) is 13.8. The van der Waals surface area contributed by atoms with E-state index in [1.165, 1.54) is 7.11 Å². The van der Waals surface area contributed by atoms with Crippen LogP contribution in [0.25, 0.3) is 0 Å². The monoisotopic (exact) mass is 707 g/mol. The average molecular weight is 708 g/mol. The van der Waals surface area contributed by atoms with Gasteiger partial charge in [-0.3, -0.25) is 19.2 Å². The van der Waals surface area contributed by atoms with Gasteiger partial charge in [0.1, 0.15) is 11.6 Å². The number of urea groups is 1. The Labute approximate surface area is 302 Å². The van der Waals surface area contributed by atoms with E-state index in [0.717, 1.165) is 11.1 Å². The number of unbranched alkanes of at least 4 members (excludes halogenated alkanes) is 1. The summed E-state index contributed by atoms with van der Waals surface area (Å²) in [7, 11) is 1.28. The first-order chi connectivity index (χ1) is 24.4. The molecule has 0 aromatic heterocycles. The molecule has 8 N–H and O–H groups in total. The van der Waals surface area contributed by atoms with Crippen LogP contribution in [0.1, 0.15) is 63.5 Å². The minimum Gasteiger partial charge on any atom is -0.468 e. The largest absolute Gasteiger partial charge is 0.468 e. The molecular weight excluding hydrogens is 650 g/mol. The van der Waals surface area contributed by atoms with Crippen LogP contribution in [0.15, 0.2) is 60.7 Å². The molecular formula is C38H57N7O6. The predicted molar refractivity (Wildman–Crippen MR) is 196 cm³/mol. The molecule has 0 saturated carbocycles. The van der Waals surface area contributed by atoms with Gasteiger partial charge >= 0.3 is 12.0 Å². The van der Waals surface area contributed by atoms with Crippen LogP contribution in [0.2, 0.25) is 0 Å². The summed E-state index contributed by atoms with van der Waals surface area (Å²) in [6.07, 6.45) is 2.30. The molecule has 0 spiro atoms. The molecule has 1 saturated heterocycles. The first-order valence-corrected chi connectivity index (χ1v) is 18.0. The Hall–Kier alpha value is -4.33. The maximum Gasteiger partial charge on any atom is 0.325 e. The lowest BCUT2D eigenvalue weighted by Crippen LogP contribution is -2.59. The van der Waals surface area contributed by atoms with E-state index in [9.17, 15) is 24.0 Å². The summed E-state index contributed by atoms with van der Waals surface area (Å²) in [6, 6.07) is 16.3. The van der Waals surface area contributed by atoms with Gasteiger partial charge in [0, 0.05) is 39.1 Å². The Morgan fingerprint density at radius 1 is 0.863 bits per heavy atom. The smallest absolute Gasteiger partial charge is 0.325 e. The molecule has 1 fully saturated rings. The van der Waals surface area contributed by atoms with Crippen molar-refractivity contribution in [3.05, 3.63) is 71.8 Å². The number of hydrogen-bond donors (Lipinski definition) is 5. The van der Waals surface area contributed by atoms with E-state index in [0.29, 0.717) is 32.4 Å². The first kappa shape index (κ1) is 41.1. The van der Waals surface area contributed by atoms with Crippen molar-refractivity contribution in [2.75, 3.05) is 39.8 Å². The van der Waals surface area contributed by atoms with Gasteiger partial charge in [-0.05, 0) is 55.7 Å². The fraction of sp³-hybridized carbons (Fsp3) is 0.553. The molecule has 280 valence electrons. The van der Waals surface area contributed by atoms with Gasteiger partial charge in [0.05, 0.1) is 19.1 Å². The Morgan fingerprint density at radius 3 is 2.02 bits per heavy atom. The van der Waals surface area contributed by atoms with E-state index in [2.05, 4.69) is 10.6 Å². The number of methoxy groups -OCH3 is 1. The Balaban J connectivity index is 1.86. The normalized spacial score (nSPS) is 15.7. The van der Waals surface area contributed by atoms with Crippen molar-refractivity contribution in [1.82, 2.24) is 20.4 Å². The fourth-order valence-corrected chi connectivity index (χ4v) is 6.38. The molecule has 1 aliphatic rings. The summed E-state index contributed by atoms with van der Waals surface area (Å²) < 4.78 is 4.87. The van der Waals surface area contributed by atoms with E-state index < -0.39 is 47.2 Å². The number of esters is 1. The van der Waals surface area contributed by atoms with Crippen molar-refractivity contribution < 1.29 is 28.7 Å². The van der Waals surface area contributed by atoms with Crippen LogP contribution < -0.4 is 27.8 Å². The van der Waals surface area contributed by atoms with Gasteiger partial charge in [0.15, 0.2) is 5.78 Å². The highest BCUT2D eigenvalue weighted by atomic mass is 16.5. The van der Waals surface area contributed by atoms with E-state index in [4.69, 9.17) is 21.9 Å². The molecule has 13 heteroatoms. The Morgan fingerprint density at radius 2 is 1.47 bits per heavy atom. The number of nitrogens with one attached hydrogen (secondary N) is 2. The number of ether oxygens (including phenoxy) is 1. The number of nitrogens with zero attached hydrogens (tertiary/aromatic N) is 2. The maximum atomic E-state index is 14.4. The molecule has 3 rings (SSSR count). The SMILES string of the molecule is COC(=O)C1(N)CCN(C(=O)[C@H](CCCCN)C(=O)[C@@H](CC(C)C)NC(=O)[C@@H](Cc2ccccc2)NC(=O)N(CCN)Cc2ccccc2)CC1. The lowest BCUT2D eigenvalue weighted by Gasteiger charge is -2.38. The third kappa shape index (κ3) is 12.4. The zero-order chi connectivity index (χ0) is 37.4. The van der Waals surface area contributed by atoms with E-state index in [1.807, 2.05) is 74.5 Å². The highest BCUT2D eigenvalue weighted by Crippen LogP contribution is 2.25. The first-order valence-electron chi connectivity index (χ1n) is 18.0. The number of Topliss-reactive ketones (excluding diaryl/α,β-unsaturated/α-hetero) is 1. The van der Waals surface area contributed by atoms with Gasteiger partial charge in [-0.2, -0.15) is 0 Å². The number of amides is 4. The molecule has 2 aromatic carbocycles. The zero-order valence-electron chi connectivity index (χ0n) is 30.4. The van der Waals surface area contributed by atoms with Crippen LogP contribution in [0.4, 0.5) is 4.79 Å². The van der Waals surface area contributed by atoms with Crippen molar-refractivity contribution in [2.24, 2.45) is 29.0 Å². The molecule has 0 unspecified atom stereocenters. The third-order valence-electron chi connectivity index (χ3n) is 9.31. The number of ketones is 1. The average Bonchev–Trinajstić information content (AvgIpc) is 3.12. The van der Waals surface area contributed by atoms with Gasteiger partial charge in [-0.1, -0.05) is 80.9 Å². The summed E-state index contributed by atoms with van der Waals surface area (Å²) in [4.78, 5) is 71.6. The van der Waals surface area contributed by atoms with Crippen molar-refractivity contribution in [3.8, 4) is 0 Å². The van der Waals surface area contributed by atoms with Crippen LogP contribution in [-0.2, 0) is 36.9 Å². The van der Waals surface area contributed by atoms with Crippen molar-refractivity contribution in [1.29, 1.82) is 0 Å². The Bertz CT molecular complexity index is 1420. The van der Waals surface area contributed by atoms with Crippen LogP contribution in [0.3, 0.4) is 0 Å². The second kappa shape index (κ2) is 20.5. The summed E-state index contributed by atoms with van der Waals surface area (Å²) in [6.45, 7) is 5.47. The summed E-state index contributed by atoms with van der Waals surface area (Å²) in [5.74, 6) is -2.85. The lowest BCUT2D eigenvalue weighted by atomic mass is 9.85. The van der Waals surface area contributed by atoms with Crippen LogP contribution in [0, 0.1) is 11.8 Å². The van der Waals surface area contributed by atoms with Crippen molar-refractivity contribution in [2.45, 2.75) is 83.0 Å². The fourth-order valence-electron chi connectivity index (χ4n) is 6.38. The molecule has 0 bridgehead atoms. The van der Waals surface area contributed by atoms with E-state index in [1.54, 1.807) is 9.80 Å². The molecule has 1 heterocycles. The number of benzene rings is 2. The highest BCUT2D eigenvalue weighted by Gasteiger charge is 2.43. The summed E-state index contributed by atoms with van der Waals surface area (Å²) in [5.41, 5.74) is 18.4. The lowest BCUT2D eigenvalue weighted by molar-refractivity contribution is -0.152. The minimum atomic E-state index is -1.20. The molecule has 0 radical (unpaired) electrons. The zero-order valence-corrected chi connectivity index (χ0v) is 30.4. The summed E-state index contributed by atoms with van der Waals surface area (Å²) in [5, 5.41) is 5.84. The van der Waals surface area contributed by atoms with Gasteiger partial charge in [0.25, 0.3) is 0 Å². The number of carbonyl (C=O) groups is 5. The number of rotatable bonds is 19. The molecule has 51 heavy (non-hydrogen) atoms. The number of likely N-dealkylation sites (tertiary alicyclic amines) is 1. The van der Waals surface area contributed by atoms with Crippen LogP contribution in [-0.4, -0.2) is 96.9 Å². The number of carbonyl (C=O) groups excluding carboxylic acids is 5. The second-order valence-electron chi connectivity index (χ2n) is 13.8. The number of hydrogen-bond acceptors (Lipinski definition) is 9. The molecule has 3 atom stereocenters. The third-order valence-corrected chi connectivity index (χ3v) is 9.31. The quantitative estimate of drug-likeness (QED) is 0.0823. The molecule has 13 nitrogen and oxygen atoms in total. The molecule has 1 aliphatic heterocycles. The number of piperidine rings is 1. The molecule has 2 aromatic rings. The van der Waals surface area contributed by atoms with Crippen LogP contribution in [0.5, 0.6) is 0 Å². The van der Waals surface area contributed by atoms with Gasteiger partial charge in [0.2, 0.25) is 11.8 Å². The van der Waals surface area contributed by atoms with Crippen molar-refractivity contribution in [3.63, 3.8) is 0 Å². The van der Waals surface area contributed by atoms with Crippen LogP contribution >= 0.6 is 0 Å². The summed E-state index contributed by atoms with van der Waals surface area (Å²) >= 11 is 0. The van der Waals surface area contributed by atoms with Gasteiger partial charge in [-0.25, -0.2) is 4.79 Å². The highest BCUT2D eigenvalue weighted by molar-refractivity contribution is 6.05. The maximum absolute atomic E-state index is 14.4. The minimum absolute atomic E-state index is 0.0000240. The van der Waals surface area contributed by atoms with Crippen molar-refractivity contribution >= 4 is 29.6 Å². The van der Waals surface area contributed by atoms with E-state index >= 15 is 0 Å². The molecule has 4 amide bonds. The number of nitrogens with two attached hydrogens (primary N) is 3. The topological polar surface area (TPSA) is 203 Å². The van der Waals surface area contributed by atoms with Gasteiger partial charge in [-0.15, -0.1) is 0 Å². The predicted octanol–water partition coefficient (Wildman–Crippen LogP) is 2.11. The Kier molecular flexibility index (Phi) is 16.5. The van der Waals surface area contributed by atoms with E-state index in [-0.39, 0.29) is 63.7 Å².